The Morgan fingerprint density at radius 3 is 2.77 bits per heavy atom. The maximum Gasteiger partial charge on any atom is 0.199 e. The maximum absolute atomic E-state index is 5.58. The van der Waals surface area contributed by atoms with Gasteiger partial charge in [0.15, 0.2) is 10.6 Å². The van der Waals surface area contributed by atoms with Gasteiger partial charge in [-0.05, 0) is 43.6 Å². The summed E-state index contributed by atoms with van der Waals surface area (Å²) >= 11 is 5.58. The predicted octanol–water partition coefficient (Wildman–Crippen LogP) is 3.24. The van der Waals surface area contributed by atoms with Gasteiger partial charge in [-0.3, -0.25) is 9.88 Å². The van der Waals surface area contributed by atoms with Crippen molar-refractivity contribution in [2.45, 2.75) is 45.3 Å². The molecular formula is C16H23N5S. The van der Waals surface area contributed by atoms with Gasteiger partial charge in [0.2, 0.25) is 0 Å². The van der Waals surface area contributed by atoms with Crippen LogP contribution in [0.25, 0.3) is 11.4 Å². The summed E-state index contributed by atoms with van der Waals surface area (Å²) in [5.74, 6) is 0.900. The van der Waals surface area contributed by atoms with Gasteiger partial charge < -0.3 is 4.57 Å². The van der Waals surface area contributed by atoms with Crippen LogP contribution in [0.15, 0.2) is 24.5 Å². The van der Waals surface area contributed by atoms with Crippen molar-refractivity contribution in [1.82, 2.24) is 24.2 Å². The van der Waals surface area contributed by atoms with Crippen LogP contribution < -0.4 is 0 Å². The molecular weight excluding hydrogens is 294 g/mol. The lowest BCUT2D eigenvalue weighted by Crippen LogP contribution is -2.40. The number of piperidine rings is 1. The Morgan fingerprint density at radius 2 is 2.05 bits per heavy atom. The van der Waals surface area contributed by atoms with Crippen molar-refractivity contribution in [3.8, 4) is 11.4 Å². The Labute approximate surface area is 136 Å². The molecule has 0 unspecified atom stereocenters. The van der Waals surface area contributed by atoms with Crippen molar-refractivity contribution in [3.63, 3.8) is 0 Å². The number of aromatic nitrogens is 4. The smallest absolute Gasteiger partial charge is 0.199 e. The van der Waals surface area contributed by atoms with E-state index in [0.29, 0.717) is 6.04 Å². The Morgan fingerprint density at radius 1 is 1.27 bits per heavy atom. The summed E-state index contributed by atoms with van der Waals surface area (Å²) < 4.78 is 4.71. The number of pyridine rings is 1. The molecule has 0 amide bonds. The highest BCUT2D eigenvalue weighted by molar-refractivity contribution is 7.71. The van der Waals surface area contributed by atoms with Crippen LogP contribution in [0.3, 0.4) is 0 Å². The van der Waals surface area contributed by atoms with E-state index in [1.54, 1.807) is 12.4 Å². The minimum Gasteiger partial charge on any atom is -0.303 e. The largest absolute Gasteiger partial charge is 0.303 e. The summed E-state index contributed by atoms with van der Waals surface area (Å²) in [5.41, 5.74) is 1.05. The minimum atomic E-state index is 0.655. The number of hydrogen-bond donors (Lipinski definition) is 0. The van der Waals surface area contributed by atoms with Crippen molar-refractivity contribution in [1.29, 1.82) is 0 Å². The van der Waals surface area contributed by atoms with Crippen LogP contribution in [0.4, 0.5) is 0 Å². The minimum absolute atomic E-state index is 0.655. The van der Waals surface area contributed by atoms with Crippen molar-refractivity contribution in [2.75, 3.05) is 6.54 Å². The van der Waals surface area contributed by atoms with Gasteiger partial charge in [-0.15, -0.1) is 0 Å². The van der Waals surface area contributed by atoms with Crippen LogP contribution in [-0.4, -0.2) is 36.8 Å². The molecule has 118 valence electrons. The van der Waals surface area contributed by atoms with E-state index in [9.17, 15) is 0 Å². The average Bonchev–Trinajstić information content (AvgIpc) is 2.85. The van der Waals surface area contributed by atoms with E-state index >= 15 is 0 Å². The van der Waals surface area contributed by atoms with Crippen molar-refractivity contribution < 1.29 is 0 Å². The fourth-order valence-electron chi connectivity index (χ4n) is 3.21. The maximum atomic E-state index is 5.58. The Kier molecular flexibility index (Phi) is 4.69. The molecule has 3 rings (SSSR count). The van der Waals surface area contributed by atoms with Crippen LogP contribution in [0, 0.1) is 4.77 Å². The first-order valence-corrected chi connectivity index (χ1v) is 8.39. The van der Waals surface area contributed by atoms with Crippen LogP contribution >= 0.6 is 12.2 Å². The third-order valence-corrected chi connectivity index (χ3v) is 5.00. The summed E-state index contributed by atoms with van der Waals surface area (Å²) in [6.45, 7) is 4.20. The van der Waals surface area contributed by atoms with Gasteiger partial charge in [0.25, 0.3) is 0 Å². The molecule has 6 heteroatoms. The van der Waals surface area contributed by atoms with E-state index < -0.39 is 0 Å². The van der Waals surface area contributed by atoms with E-state index in [2.05, 4.69) is 16.8 Å². The van der Waals surface area contributed by atoms with Crippen molar-refractivity contribution in [3.05, 3.63) is 29.3 Å². The molecule has 0 N–H and O–H groups in total. The Bertz CT molecular complexity index is 676. The Hall–Kier alpha value is -1.53. The lowest BCUT2D eigenvalue weighted by Gasteiger charge is -2.34. The van der Waals surface area contributed by atoms with Crippen LogP contribution in [-0.2, 0) is 13.7 Å². The third kappa shape index (κ3) is 2.98. The number of nitrogens with zero attached hydrogens (tertiary/aromatic N) is 5. The first kappa shape index (κ1) is 15.4. The van der Waals surface area contributed by atoms with Gasteiger partial charge in [0.05, 0.1) is 6.67 Å². The van der Waals surface area contributed by atoms with E-state index in [-0.39, 0.29) is 0 Å². The average molecular weight is 317 g/mol. The second kappa shape index (κ2) is 6.71. The first-order valence-electron chi connectivity index (χ1n) is 7.99. The normalized spacial score (nSPS) is 19.5. The fraction of sp³-hybridized carbons (Fsp3) is 0.562. The van der Waals surface area contributed by atoms with Crippen LogP contribution in [0.2, 0.25) is 0 Å². The lowest BCUT2D eigenvalue weighted by atomic mass is 10.0. The highest BCUT2D eigenvalue weighted by atomic mass is 32.1. The molecule has 1 atom stereocenters. The zero-order valence-corrected chi connectivity index (χ0v) is 14.1. The molecule has 0 saturated carbocycles. The molecule has 0 spiro atoms. The predicted molar refractivity (Wildman–Crippen MR) is 89.9 cm³/mol. The molecule has 1 aliphatic heterocycles. The van der Waals surface area contributed by atoms with Crippen molar-refractivity contribution in [2.24, 2.45) is 7.05 Å². The molecule has 0 bridgehead atoms. The number of likely N-dealkylation sites (tertiary alicyclic amines) is 1. The summed E-state index contributed by atoms with van der Waals surface area (Å²) in [6.07, 6.45) is 8.66. The van der Waals surface area contributed by atoms with E-state index in [1.807, 2.05) is 28.4 Å². The summed E-state index contributed by atoms with van der Waals surface area (Å²) in [4.78, 5) is 6.58. The van der Waals surface area contributed by atoms with Crippen LogP contribution in [0.5, 0.6) is 0 Å². The molecule has 0 aromatic carbocycles. The van der Waals surface area contributed by atoms with Gasteiger partial charge in [-0.25, -0.2) is 4.68 Å². The molecule has 2 aromatic heterocycles. The molecule has 1 saturated heterocycles. The van der Waals surface area contributed by atoms with Gasteiger partial charge in [0, 0.05) is 37.6 Å². The van der Waals surface area contributed by atoms with E-state index in [0.717, 1.165) is 29.4 Å². The molecule has 0 radical (unpaired) electrons. The number of hydrogen-bond acceptors (Lipinski definition) is 4. The molecule has 1 fully saturated rings. The molecule has 0 aliphatic carbocycles. The van der Waals surface area contributed by atoms with Gasteiger partial charge in [-0.2, -0.15) is 5.10 Å². The van der Waals surface area contributed by atoms with Gasteiger partial charge in [-0.1, -0.05) is 13.3 Å². The lowest BCUT2D eigenvalue weighted by molar-refractivity contribution is 0.100. The van der Waals surface area contributed by atoms with Gasteiger partial charge >= 0.3 is 0 Å². The first-order chi connectivity index (χ1) is 10.7. The molecule has 5 nitrogen and oxygen atoms in total. The highest BCUT2D eigenvalue weighted by Gasteiger charge is 2.22. The highest BCUT2D eigenvalue weighted by Crippen LogP contribution is 2.21. The SMILES string of the molecule is CC[C@H]1CCCCN1Cn1nc(-c2ccncc2)n(C)c1=S. The van der Waals surface area contributed by atoms with Crippen molar-refractivity contribution >= 4 is 12.2 Å². The Balaban J connectivity index is 1.87. The second-order valence-corrected chi connectivity index (χ2v) is 6.28. The summed E-state index contributed by atoms with van der Waals surface area (Å²) in [6, 6.07) is 4.59. The standard InChI is InChI=1S/C16H23N5S/c1-3-14-6-4-5-11-20(14)12-21-16(22)19(2)15(18-21)13-7-9-17-10-8-13/h7-10,14H,3-6,11-12H2,1-2H3/t14-/m0/s1. The monoisotopic (exact) mass is 317 g/mol. The molecule has 1 aliphatic rings. The second-order valence-electron chi connectivity index (χ2n) is 5.91. The molecule has 22 heavy (non-hydrogen) atoms. The van der Waals surface area contributed by atoms with E-state index in [1.165, 1.54) is 25.7 Å². The topological polar surface area (TPSA) is 38.9 Å². The summed E-state index contributed by atoms with van der Waals surface area (Å²) in [7, 11) is 1.98. The van der Waals surface area contributed by atoms with E-state index in [4.69, 9.17) is 17.3 Å². The third-order valence-electron chi connectivity index (χ3n) is 4.52. The molecule has 3 heterocycles. The molecule has 2 aromatic rings. The quantitative estimate of drug-likeness (QED) is 0.812. The number of rotatable bonds is 4. The zero-order chi connectivity index (χ0) is 15.5. The fourth-order valence-corrected chi connectivity index (χ4v) is 3.40. The van der Waals surface area contributed by atoms with Crippen LogP contribution in [0.1, 0.15) is 32.6 Å². The summed E-state index contributed by atoms with van der Waals surface area (Å²) in [5, 5.41) is 4.75. The van der Waals surface area contributed by atoms with Gasteiger partial charge in [0.1, 0.15) is 0 Å². The zero-order valence-electron chi connectivity index (χ0n) is 13.3.